The molecule has 6 nitrogen and oxygen atoms in total. The second kappa shape index (κ2) is 3.98. The molecule has 1 aliphatic heterocycles. The van der Waals surface area contributed by atoms with E-state index in [2.05, 4.69) is 20.8 Å². The number of hydrogen-bond donors (Lipinski definition) is 2. The molecule has 0 radical (unpaired) electrons. The SMILES string of the molecule is CCC1NC(c2noc(C)n2)CNC1=O. The summed E-state index contributed by atoms with van der Waals surface area (Å²) in [6.45, 7) is 4.21. The van der Waals surface area contributed by atoms with Crippen LogP contribution < -0.4 is 10.6 Å². The van der Waals surface area contributed by atoms with E-state index in [1.165, 1.54) is 0 Å². The summed E-state index contributed by atoms with van der Waals surface area (Å²) in [4.78, 5) is 15.5. The normalized spacial score (nSPS) is 26.4. The zero-order valence-corrected chi connectivity index (χ0v) is 8.78. The van der Waals surface area contributed by atoms with Gasteiger partial charge in [0.15, 0.2) is 5.82 Å². The quantitative estimate of drug-likeness (QED) is 0.713. The fourth-order valence-corrected chi connectivity index (χ4v) is 1.63. The van der Waals surface area contributed by atoms with Crippen molar-refractivity contribution in [3.8, 4) is 0 Å². The highest BCUT2D eigenvalue weighted by molar-refractivity contribution is 5.82. The minimum Gasteiger partial charge on any atom is -0.353 e. The maximum Gasteiger partial charge on any atom is 0.237 e. The molecule has 1 aromatic heterocycles. The lowest BCUT2D eigenvalue weighted by atomic mass is 10.1. The van der Waals surface area contributed by atoms with Gasteiger partial charge in [-0.3, -0.25) is 10.1 Å². The third-order valence-electron chi connectivity index (χ3n) is 2.46. The lowest BCUT2D eigenvalue weighted by Crippen LogP contribution is -2.54. The first-order valence-corrected chi connectivity index (χ1v) is 5.04. The van der Waals surface area contributed by atoms with E-state index in [0.717, 1.165) is 6.42 Å². The number of amides is 1. The Morgan fingerprint density at radius 2 is 2.40 bits per heavy atom. The number of carbonyl (C=O) groups is 1. The zero-order chi connectivity index (χ0) is 10.8. The molecule has 2 rings (SSSR count). The van der Waals surface area contributed by atoms with E-state index in [4.69, 9.17) is 4.52 Å². The van der Waals surface area contributed by atoms with Crippen LogP contribution in [-0.2, 0) is 4.79 Å². The molecule has 0 bridgehead atoms. The van der Waals surface area contributed by atoms with E-state index >= 15 is 0 Å². The van der Waals surface area contributed by atoms with Gasteiger partial charge in [-0.15, -0.1) is 0 Å². The molecule has 6 heteroatoms. The summed E-state index contributed by atoms with van der Waals surface area (Å²) in [6.07, 6.45) is 0.749. The van der Waals surface area contributed by atoms with E-state index in [1.54, 1.807) is 6.92 Å². The minimum atomic E-state index is -0.164. The average Bonchev–Trinajstić information content (AvgIpc) is 2.66. The van der Waals surface area contributed by atoms with Crippen molar-refractivity contribution >= 4 is 5.91 Å². The minimum absolute atomic E-state index is 0.0361. The van der Waals surface area contributed by atoms with Crippen molar-refractivity contribution in [2.45, 2.75) is 32.4 Å². The lowest BCUT2D eigenvalue weighted by molar-refractivity contribution is -0.125. The van der Waals surface area contributed by atoms with E-state index in [0.29, 0.717) is 18.3 Å². The Morgan fingerprint density at radius 1 is 1.60 bits per heavy atom. The van der Waals surface area contributed by atoms with E-state index in [1.807, 2.05) is 6.92 Å². The molecule has 1 fully saturated rings. The number of aromatic nitrogens is 2. The van der Waals surface area contributed by atoms with Crippen molar-refractivity contribution in [2.75, 3.05) is 6.54 Å². The Morgan fingerprint density at radius 3 is 3.00 bits per heavy atom. The molecular formula is C9H14N4O2. The van der Waals surface area contributed by atoms with Crippen molar-refractivity contribution in [3.63, 3.8) is 0 Å². The van der Waals surface area contributed by atoms with Crippen molar-refractivity contribution in [1.29, 1.82) is 0 Å². The van der Waals surface area contributed by atoms with Gasteiger partial charge in [-0.05, 0) is 6.42 Å². The number of aryl methyl sites for hydroxylation is 1. The number of rotatable bonds is 2. The molecule has 0 aliphatic carbocycles. The predicted molar refractivity (Wildman–Crippen MR) is 52.0 cm³/mol. The summed E-state index contributed by atoms with van der Waals surface area (Å²) in [5.74, 6) is 1.18. The second-order valence-corrected chi connectivity index (χ2v) is 3.60. The highest BCUT2D eigenvalue weighted by Gasteiger charge is 2.29. The van der Waals surface area contributed by atoms with Crippen LogP contribution >= 0.6 is 0 Å². The number of piperazine rings is 1. The van der Waals surface area contributed by atoms with Crippen LogP contribution in [0, 0.1) is 6.92 Å². The zero-order valence-electron chi connectivity index (χ0n) is 8.78. The molecule has 1 aliphatic rings. The first-order valence-electron chi connectivity index (χ1n) is 5.04. The Kier molecular flexibility index (Phi) is 2.68. The molecule has 2 heterocycles. The molecule has 82 valence electrons. The summed E-state index contributed by atoms with van der Waals surface area (Å²) in [7, 11) is 0. The largest absolute Gasteiger partial charge is 0.353 e. The van der Waals surface area contributed by atoms with Crippen molar-refractivity contribution < 1.29 is 9.32 Å². The van der Waals surface area contributed by atoms with Gasteiger partial charge in [0.25, 0.3) is 0 Å². The van der Waals surface area contributed by atoms with E-state index in [-0.39, 0.29) is 18.0 Å². The van der Waals surface area contributed by atoms with Gasteiger partial charge in [-0.1, -0.05) is 12.1 Å². The van der Waals surface area contributed by atoms with Gasteiger partial charge in [0.05, 0.1) is 12.1 Å². The van der Waals surface area contributed by atoms with E-state index < -0.39 is 0 Å². The lowest BCUT2D eigenvalue weighted by Gasteiger charge is -2.28. The molecule has 2 unspecified atom stereocenters. The Bertz CT molecular complexity index is 363. The Hall–Kier alpha value is -1.43. The first kappa shape index (κ1) is 10.1. The summed E-state index contributed by atoms with van der Waals surface area (Å²) in [5, 5.41) is 9.84. The topological polar surface area (TPSA) is 80.1 Å². The van der Waals surface area contributed by atoms with Crippen molar-refractivity contribution in [1.82, 2.24) is 20.8 Å². The maximum atomic E-state index is 11.4. The predicted octanol–water partition coefficient (Wildman–Crippen LogP) is -0.0829. The highest BCUT2D eigenvalue weighted by atomic mass is 16.5. The summed E-state index contributed by atoms with van der Waals surface area (Å²) >= 11 is 0. The summed E-state index contributed by atoms with van der Waals surface area (Å²) in [6, 6.07) is -0.215. The third kappa shape index (κ3) is 1.99. The van der Waals surface area contributed by atoms with E-state index in [9.17, 15) is 4.79 Å². The standard InChI is InChI=1S/C9H14N4O2/c1-3-6-9(14)10-4-7(12-6)8-11-5(2)15-13-8/h6-7,12H,3-4H2,1-2H3,(H,10,14). The summed E-state index contributed by atoms with van der Waals surface area (Å²) in [5.41, 5.74) is 0. The van der Waals surface area contributed by atoms with Gasteiger partial charge >= 0.3 is 0 Å². The average molecular weight is 210 g/mol. The van der Waals surface area contributed by atoms with Gasteiger partial charge in [-0.2, -0.15) is 4.98 Å². The van der Waals surface area contributed by atoms with Crippen LogP contribution in [0.1, 0.15) is 31.1 Å². The Labute approximate surface area is 87.4 Å². The van der Waals surface area contributed by atoms with Crippen LogP contribution in [-0.4, -0.2) is 28.6 Å². The van der Waals surface area contributed by atoms with Crippen LogP contribution in [0.5, 0.6) is 0 Å². The third-order valence-corrected chi connectivity index (χ3v) is 2.46. The molecule has 1 amide bonds. The molecule has 0 aromatic carbocycles. The first-order chi connectivity index (χ1) is 7.20. The second-order valence-electron chi connectivity index (χ2n) is 3.60. The molecule has 2 N–H and O–H groups in total. The smallest absolute Gasteiger partial charge is 0.237 e. The maximum absolute atomic E-state index is 11.4. The molecule has 1 aromatic rings. The number of hydrogen-bond acceptors (Lipinski definition) is 5. The molecule has 0 spiro atoms. The molecular weight excluding hydrogens is 196 g/mol. The van der Waals surface area contributed by atoms with Gasteiger partial charge in [0, 0.05) is 13.5 Å². The number of nitrogens with zero attached hydrogens (tertiary/aromatic N) is 2. The van der Waals surface area contributed by atoms with Gasteiger partial charge in [0.2, 0.25) is 11.8 Å². The van der Waals surface area contributed by atoms with Gasteiger partial charge in [0.1, 0.15) is 0 Å². The molecule has 15 heavy (non-hydrogen) atoms. The van der Waals surface area contributed by atoms with Crippen LogP contribution in [0.3, 0.4) is 0 Å². The van der Waals surface area contributed by atoms with Crippen LogP contribution in [0.15, 0.2) is 4.52 Å². The van der Waals surface area contributed by atoms with Crippen LogP contribution in [0.2, 0.25) is 0 Å². The highest BCUT2D eigenvalue weighted by Crippen LogP contribution is 2.13. The number of carbonyl (C=O) groups excluding carboxylic acids is 1. The fourth-order valence-electron chi connectivity index (χ4n) is 1.63. The fraction of sp³-hybridized carbons (Fsp3) is 0.667. The van der Waals surface area contributed by atoms with Gasteiger partial charge in [-0.25, -0.2) is 0 Å². The summed E-state index contributed by atoms with van der Waals surface area (Å²) < 4.78 is 4.90. The van der Waals surface area contributed by atoms with Crippen molar-refractivity contribution in [3.05, 3.63) is 11.7 Å². The Balaban J connectivity index is 2.09. The number of nitrogens with one attached hydrogen (secondary N) is 2. The van der Waals surface area contributed by atoms with Crippen molar-refractivity contribution in [2.24, 2.45) is 0 Å². The molecule has 1 saturated heterocycles. The monoisotopic (exact) mass is 210 g/mol. The molecule has 0 saturated carbocycles. The van der Waals surface area contributed by atoms with Crippen LogP contribution in [0.4, 0.5) is 0 Å². The molecule has 2 atom stereocenters. The van der Waals surface area contributed by atoms with Gasteiger partial charge < -0.3 is 9.84 Å². The van der Waals surface area contributed by atoms with Crippen LogP contribution in [0.25, 0.3) is 0 Å².